The zero-order valence-corrected chi connectivity index (χ0v) is 9.89. The van der Waals surface area contributed by atoms with E-state index in [0.717, 1.165) is 0 Å². The molecule has 16 heavy (non-hydrogen) atoms. The molecule has 0 saturated heterocycles. The summed E-state index contributed by atoms with van der Waals surface area (Å²) in [6.07, 6.45) is 0. The molecule has 86 valence electrons. The van der Waals surface area contributed by atoms with Crippen LogP contribution in [0.5, 0.6) is 0 Å². The third-order valence-corrected chi connectivity index (χ3v) is 2.29. The first-order valence-corrected chi connectivity index (χ1v) is 5.27. The Morgan fingerprint density at radius 1 is 1.38 bits per heavy atom. The second-order valence-electron chi connectivity index (χ2n) is 3.24. The van der Waals surface area contributed by atoms with Crippen molar-refractivity contribution < 1.29 is 9.59 Å². The minimum atomic E-state index is -0.342. The normalized spacial score (nSPS) is 9.69. The number of carbonyl (C=O) groups excluding carboxylic acids is 2. The molecule has 0 unspecified atom stereocenters. The van der Waals surface area contributed by atoms with Crippen LogP contribution in [-0.2, 0) is 0 Å². The number of hydrogen-bond acceptors (Lipinski definition) is 2. The maximum absolute atomic E-state index is 11.3. The van der Waals surface area contributed by atoms with E-state index in [4.69, 9.17) is 11.6 Å². The highest BCUT2D eigenvalue weighted by Crippen LogP contribution is 2.23. The highest BCUT2D eigenvalue weighted by atomic mass is 35.5. The van der Waals surface area contributed by atoms with E-state index in [1.807, 2.05) is 6.92 Å². The van der Waals surface area contributed by atoms with Crippen LogP contribution >= 0.6 is 11.6 Å². The molecule has 0 bridgehead atoms. The number of ketones is 1. The van der Waals surface area contributed by atoms with Gasteiger partial charge >= 0.3 is 6.03 Å². The van der Waals surface area contributed by atoms with E-state index in [0.29, 0.717) is 22.8 Å². The zero-order chi connectivity index (χ0) is 12.1. The second-order valence-corrected chi connectivity index (χ2v) is 3.64. The quantitative estimate of drug-likeness (QED) is 0.798. The second kappa shape index (κ2) is 5.51. The number of amides is 2. The molecule has 1 rings (SSSR count). The van der Waals surface area contributed by atoms with Crippen LogP contribution in [0.3, 0.4) is 0 Å². The molecule has 0 saturated carbocycles. The lowest BCUT2D eigenvalue weighted by atomic mass is 10.1. The Hall–Kier alpha value is -1.55. The van der Waals surface area contributed by atoms with Crippen LogP contribution in [0.4, 0.5) is 10.5 Å². The predicted molar refractivity (Wildman–Crippen MR) is 64.2 cm³/mol. The molecule has 1 aromatic rings. The molecule has 0 aromatic heterocycles. The van der Waals surface area contributed by atoms with E-state index in [-0.39, 0.29) is 11.8 Å². The number of nitrogens with one attached hydrogen (secondary N) is 2. The van der Waals surface area contributed by atoms with Crippen LogP contribution in [-0.4, -0.2) is 18.4 Å². The molecule has 0 atom stereocenters. The summed E-state index contributed by atoms with van der Waals surface area (Å²) >= 11 is 5.89. The van der Waals surface area contributed by atoms with Gasteiger partial charge in [0.25, 0.3) is 0 Å². The predicted octanol–water partition coefficient (Wildman–Crippen LogP) is 2.68. The Labute approximate surface area is 99.0 Å². The van der Waals surface area contributed by atoms with Gasteiger partial charge in [0.15, 0.2) is 5.78 Å². The number of benzene rings is 1. The highest BCUT2D eigenvalue weighted by molar-refractivity contribution is 6.33. The van der Waals surface area contributed by atoms with Gasteiger partial charge in [0.2, 0.25) is 0 Å². The molecule has 0 aliphatic carbocycles. The first-order valence-electron chi connectivity index (χ1n) is 4.90. The average molecular weight is 241 g/mol. The minimum Gasteiger partial charge on any atom is -0.338 e. The number of carbonyl (C=O) groups is 2. The van der Waals surface area contributed by atoms with E-state index >= 15 is 0 Å². The van der Waals surface area contributed by atoms with E-state index in [1.54, 1.807) is 18.2 Å². The summed E-state index contributed by atoms with van der Waals surface area (Å²) in [5.74, 6) is -0.0735. The van der Waals surface area contributed by atoms with Crippen molar-refractivity contribution in [2.24, 2.45) is 0 Å². The highest BCUT2D eigenvalue weighted by Gasteiger charge is 2.07. The molecule has 2 N–H and O–H groups in total. The Balaban J connectivity index is 2.90. The molecule has 0 aliphatic heterocycles. The van der Waals surface area contributed by atoms with E-state index in [2.05, 4.69) is 10.6 Å². The summed E-state index contributed by atoms with van der Waals surface area (Å²) in [5, 5.41) is 5.55. The van der Waals surface area contributed by atoms with Crippen LogP contribution in [0.1, 0.15) is 24.2 Å². The zero-order valence-electron chi connectivity index (χ0n) is 9.13. The van der Waals surface area contributed by atoms with Gasteiger partial charge in [-0.1, -0.05) is 11.6 Å². The Bertz CT molecular complexity index is 418. The molecule has 0 spiro atoms. The van der Waals surface area contributed by atoms with Gasteiger partial charge in [0.05, 0.1) is 10.7 Å². The monoisotopic (exact) mass is 240 g/mol. The molecule has 2 amide bonds. The van der Waals surface area contributed by atoms with E-state index < -0.39 is 0 Å². The Kier molecular flexibility index (Phi) is 4.31. The third-order valence-electron chi connectivity index (χ3n) is 1.96. The third kappa shape index (κ3) is 3.24. The van der Waals surface area contributed by atoms with Gasteiger partial charge in [-0.05, 0) is 32.0 Å². The number of urea groups is 1. The molecular formula is C11H13ClN2O2. The molecule has 0 heterocycles. The van der Waals surface area contributed by atoms with Gasteiger partial charge in [-0.15, -0.1) is 0 Å². The molecule has 0 fully saturated rings. The molecule has 1 aromatic carbocycles. The SMILES string of the molecule is CCNC(=O)Nc1cc(C(C)=O)ccc1Cl. The largest absolute Gasteiger partial charge is 0.338 e. The summed E-state index contributed by atoms with van der Waals surface area (Å²) in [5.41, 5.74) is 0.941. The van der Waals surface area contributed by atoms with Gasteiger partial charge in [-0.2, -0.15) is 0 Å². The van der Waals surface area contributed by atoms with Crippen LogP contribution in [0, 0.1) is 0 Å². The summed E-state index contributed by atoms with van der Waals surface area (Å²) in [7, 11) is 0. The smallest absolute Gasteiger partial charge is 0.319 e. The molecule has 4 nitrogen and oxygen atoms in total. The average Bonchev–Trinajstić information content (AvgIpc) is 2.21. The number of Topliss-reactive ketones (excluding diaryl/α,β-unsaturated/α-hetero) is 1. The first kappa shape index (κ1) is 12.5. The summed E-state index contributed by atoms with van der Waals surface area (Å²) in [6, 6.07) is 4.41. The first-order chi connectivity index (χ1) is 7.54. The Morgan fingerprint density at radius 3 is 2.62 bits per heavy atom. The number of halogens is 1. The van der Waals surface area contributed by atoms with Crippen molar-refractivity contribution >= 4 is 29.1 Å². The maximum atomic E-state index is 11.3. The van der Waals surface area contributed by atoms with E-state index in [9.17, 15) is 9.59 Å². The lowest BCUT2D eigenvalue weighted by molar-refractivity contribution is 0.101. The van der Waals surface area contributed by atoms with Gasteiger partial charge < -0.3 is 10.6 Å². The number of anilines is 1. The molecular weight excluding hydrogens is 228 g/mol. The van der Waals surface area contributed by atoms with E-state index in [1.165, 1.54) is 6.92 Å². The standard InChI is InChI=1S/C11H13ClN2O2/c1-3-13-11(16)14-10-6-8(7(2)15)4-5-9(10)12/h4-6H,3H2,1-2H3,(H2,13,14,16). The van der Waals surface area contributed by atoms with Crippen molar-refractivity contribution in [1.82, 2.24) is 5.32 Å². The van der Waals surface area contributed by atoms with Gasteiger partial charge in [0, 0.05) is 12.1 Å². The van der Waals surface area contributed by atoms with Gasteiger partial charge in [0.1, 0.15) is 0 Å². The molecule has 0 radical (unpaired) electrons. The minimum absolute atomic E-state index is 0.0735. The summed E-state index contributed by atoms with van der Waals surface area (Å²) < 4.78 is 0. The maximum Gasteiger partial charge on any atom is 0.319 e. The van der Waals surface area contributed by atoms with Crippen LogP contribution in [0.15, 0.2) is 18.2 Å². The fourth-order valence-corrected chi connectivity index (χ4v) is 1.33. The van der Waals surface area contributed by atoms with Crippen molar-refractivity contribution in [3.63, 3.8) is 0 Å². The van der Waals surface area contributed by atoms with Crippen LogP contribution < -0.4 is 10.6 Å². The summed E-state index contributed by atoms with van der Waals surface area (Å²) in [4.78, 5) is 22.4. The number of rotatable bonds is 3. The van der Waals surface area contributed by atoms with Crippen LogP contribution in [0.2, 0.25) is 5.02 Å². The van der Waals surface area contributed by atoms with Gasteiger partial charge in [-0.3, -0.25) is 4.79 Å². The van der Waals surface area contributed by atoms with Crippen molar-refractivity contribution in [2.45, 2.75) is 13.8 Å². The lowest BCUT2D eigenvalue weighted by Crippen LogP contribution is -2.28. The van der Waals surface area contributed by atoms with Crippen molar-refractivity contribution in [3.05, 3.63) is 28.8 Å². The Morgan fingerprint density at radius 2 is 2.06 bits per heavy atom. The van der Waals surface area contributed by atoms with Crippen LogP contribution in [0.25, 0.3) is 0 Å². The fourth-order valence-electron chi connectivity index (χ4n) is 1.17. The van der Waals surface area contributed by atoms with Gasteiger partial charge in [-0.25, -0.2) is 4.79 Å². The lowest BCUT2D eigenvalue weighted by Gasteiger charge is -2.08. The van der Waals surface area contributed by atoms with Crippen molar-refractivity contribution in [2.75, 3.05) is 11.9 Å². The summed E-state index contributed by atoms with van der Waals surface area (Å²) in [6.45, 7) is 3.79. The topological polar surface area (TPSA) is 58.2 Å². The molecule has 5 heteroatoms. The van der Waals surface area contributed by atoms with Crippen molar-refractivity contribution in [1.29, 1.82) is 0 Å². The van der Waals surface area contributed by atoms with Crippen molar-refractivity contribution in [3.8, 4) is 0 Å². The number of hydrogen-bond donors (Lipinski definition) is 2. The fraction of sp³-hybridized carbons (Fsp3) is 0.273. The molecule has 0 aliphatic rings.